The van der Waals surface area contributed by atoms with Gasteiger partial charge < -0.3 is 15.0 Å². The summed E-state index contributed by atoms with van der Waals surface area (Å²) in [6, 6.07) is 4.28. The Morgan fingerprint density at radius 2 is 1.92 bits per heavy atom. The van der Waals surface area contributed by atoms with Crippen molar-refractivity contribution >= 4 is 33.2 Å². The van der Waals surface area contributed by atoms with E-state index in [0.29, 0.717) is 10.7 Å². The van der Waals surface area contributed by atoms with Gasteiger partial charge in [-0.25, -0.2) is 12.7 Å². The molecule has 0 radical (unpaired) electrons. The molecule has 3 atom stereocenters. The molecule has 1 aliphatic heterocycles. The van der Waals surface area contributed by atoms with Crippen LogP contribution < -0.4 is 10.2 Å². The minimum absolute atomic E-state index is 0.0816. The van der Waals surface area contributed by atoms with Gasteiger partial charge in [0.1, 0.15) is 25.3 Å². The Morgan fingerprint density at radius 3 is 2.48 bits per heavy atom. The number of benzene rings is 1. The predicted molar refractivity (Wildman–Crippen MR) is 96.5 cm³/mol. The molecular weight excluding hydrogens is 366 g/mol. The van der Waals surface area contributed by atoms with Gasteiger partial charge in [-0.3, -0.25) is 4.79 Å². The first kappa shape index (κ1) is 20.1. The van der Waals surface area contributed by atoms with E-state index in [1.165, 1.54) is 32.3 Å². The quantitative estimate of drug-likeness (QED) is 0.753. The van der Waals surface area contributed by atoms with Gasteiger partial charge in [0.25, 0.3) is 5.91 Å². The molecule has 1 fully saturated rings. The summed E-state index contributed by atoms with van der Waals surface area (Å²) < 4.78 is 31.2. The van der Waals surface area contributed by atoms with Crippen LogP contribution >= 0.6 is 11.6 Å². The summed E-state index contributed by atoms with van der Waals surface area (Å²) in [6.45, 7) is 5.75. The van der Waals surface area contributed by atoms with E-state index in [1.54, 1.807) is 0 Å². The molecule has 140 valence electrons. The number of morpholine rings is 1. The van der Waals surface area contributed by atoms with Crippen molar-refractivity contribution in [2.45, 2.75) is 31.0 Å². The highest BCUT2D eigenvalue weighted by Crippen LogP contribution is 2.26. The van der Waals surface area contributed by atoms with Crippen molar-refractivity contribution in [1.82, 2.24) is 4.31 Å². The van der Waals surface area contributed by atoms with Gasteiger partial charge in [-0.1, -0.05) is 11.6 Å². The van der Waals surface area contributed by atoms with Crippen LogP contribution in [0.25, 0.3) is 0 Å². The first-order valence-corrected chi connectivity index (χ1v) is 9.92. The number of nitrogens with zero attached hydrogens (tertiary/aromatic N) is 1. The highest BCUT2D eigenvalue weighted by molar-refractivity contribution is 7.89. The van der Waals surface area contributed by atoms with E-state index in [9.17, 15) is 13.2 Å². The van der Waals surface area contributed by atoms with Crippen LogP contribution in [0.15, 0.2) is 23.1 Å². The van der Waals surface area contributed by atoms with Gasteiger partial charge >= 0.3 is 0 Å². The van der Waals surface area contributed by atoms with Crippen molar-refractivity contribution in [3.05, 3.63) is 23.2 Å². The summed E-state index contributed by atoms with van der Waals surface area (Å²) in [7, 11) is -0.691. The lowest BCUT2D eigenvalue weighted by Crippen LogP contribution is -3.16. The lowest BCUT2D eigenvalue weighted by Gasteiger charge is -2.31. The molecule has 1 aliphatic rings. The molecule has 2 rings (SSSR count). The molecule has 0 spiro atoms. The number of amides is 1. The van der Waals surface area contributed by atoms with Crippen LogP contribution in [0.5, 0.6) is 0 Å². The molecule has 1 heterocycles. The number of hydrogen-bond acceptors (Lipinski definition) is 4. The standard InChI is InChI=1S/C16H24ClN3O4S/c1-11-8-20(9-12(2)24-11)10-16(21)18-15-7-13(5-6-14(15)17)25(22,23)19(3)4/h5-7,11-12H,8-10H2,1-4H3,(H,18,21)/p+1/t11-,12+. The number of rotatable bonds is 5. The Morgan fingerprint density at radius 1 is 1.32 bits per heavy atom. The van der Waals surface area contributed by atoms with E-state index in [1.807, 2.05) is 13.8 Å². The molecule has 0 aliphatic carbocycles. The summed E-state index contributed by atoms with van der Waals surface area (Å²) in [5, 5.41) is 3.02. The van der Waals surface area contributed by atoms with Crippen molar-refractivity contribution in [3.63, 3.8) is 0 Å². The maximum atomic E-state index is 12.3. The van der Waals surface area contributed by atoms with E-state index in [4.69, 9.17) is 16.3 Å². The zero-order valence-electron chi connectivity index (χ0n) is 14.9. The molecule has 1 saturated heterocycles. The summed E-state index contributed by atoms with van der Waals surface area (Å²) in [5.74, 6) is -0.211. The highest BCUT2D eigenvalue weighted by Gasteiger charge is 2.27. The number of sulfonamides is 1. The molecule has 0 aromatic heterocycles. The van der Waals surface area contributed by atoms with Gasteiger partial charge in [0.15, 0.2) is 6.54 Å². The first-order chi connectivity index (χ1) is 11.6. The average Bonchev–Trinajstić information content (AvgIpc) is 2.47. The molecule has 0 bridgehead atoms. The third-order valence-corrected chi connectivity index (χ3v) is 6.16. The molecular formula is C16H25ClN3O4S+. The predicted octanol–water partition coefficient (Wildman–Crippen LogP) is 0.221. The van der Waals surface area contributed by atoms with E-state index < -0.39 is 10.0 Å². The Bertz CT molecular complexity index is 729. The minimum atomic E-state index is -3.59. The molecule has 2 N–H and O–H groups in total. The van der Waals surface area contributed by atoms with Crippen LogP contribution in [0, 0.1) is 0 Å². The van der Waals surface area contributed by atoms with Crippen molar-refractivity contribution < 1.29 is 22.8 Å². The number of nitrogens with one attached hydrogen (secondary N) is 2. The molecule has 25 heavy (non-hydrogen) atoms. The SMILES string of the molecule is C[C@@H]1C[NH+](CC(=O)Nc2cc(S(=O)(=O)N(C)C)ccc2Cl)C[C@H](C)O1. The van der Waals surface area contributed by atoms with Crippen LogP contribution in [0.1, 0.15) is 13.8 Å². The van der Waals surface area contributed by atoms with E-state index >= 15 is 0 Å². The second kappa shape index (κ2) is 8.01. The van der Waals surface area contributed by atoms with E-state index in [0.717, 1.165) is 22.3 Å². The van der Waals surface area contributed by atoms with Gasteiger partial charge in [0.05, 0.1) is 15.6 Å². The number of quaternary nitrogens is 1. The van der Waals surface area contributed by atoms with Crippen LogP contribution in [0.3, 0.4) is 0 Å². The average molecular weight is 391 g/mol. The second-order valence-corrected chi connectivity index (χ2v) is 9.13. The van der Waals surface area contributed by atoms with Crippen LogP contribution in [-0.4, -0.2) is 64.6 Å². The fourth-order valence-electron chi connectivity index (χ4n) is 2.93. The summed E-state index contributed by atoms with van der Waals surface area (Å²) >= 11 is 6.11. The normalized spacial score (nSPS) is 24.3. The smallest absolute Gasteiger partial charge is 0.279 e. The largest absolute Gasteiger partial charge is 0.364 e. The van der Waals surface area contributed by atoms with Crippen LogP contribution in [0.4, 0.5) is 5.69 Å². The number of halogens is 1. The fourth-order valence-corrected chi connectivity index (χ4v) is 4.02. The Kier molecular flexibility index (Phi) is 6.45. The van der Waals surface area contributed by atoms with Crippen molar-refractivity contribution in [1.29, 1.82) is 0 Å². The maximum Gasteiger partial charge on any atom is 0.279 e. The third-order valence-electron chi connectivity index (χ3n) is 4.02. The first-order valence-electron chi connectivity index (χ1n) is 8.10. The molecule has 7 nitrogen and oxygen atoms in total. The van der Waals surface area contributed by atoms with Gasteiger partial charge in [0.2, 0.25) is 10.0 Å². The lowest BCUT2D eigenvalue weighted by atomic mass is 10.2. The number of ether oxygens (including phenoxy) is 1. The molecule has 1 aromatic carbocycles. The number of anilines is 1. The summed E-state index contributed by atoms with van der Waals surface area (Å²) in [6.07, 6.45) is 0.201. The zero-order chi connectivity index (χ0) is 18.8. The highest BCUT2D eigenvalue weighted by atomic mass is 35.5. The number of carbonyl (C=O) groups excluding carboxylic acids is 1. The minimum Gasteiger partial charge on any atom is -0.364 e. The molecule has 1 amide bonds. The topological polar surface area (TPSA) is 80.2 Å². The zero-order valence-corrected chi connectivity index (χ0v) is 16.4. The van der Waals surface area contributed by atoms with Crippen molar-refractivity contribution in [3.8, 4) is 0 Å². The van der Waals surface area contributed by atoms with E-state index in [2.05, 4.69) is 5.32 Å². The van der Waals surface area contributed by atoms with Crippen molar-refractivity contribution in [2.75, 3.05) is 39.0 Å². The summed E-state index contributed by atoms with van der Waals surface area (Å²) in [4.78, 5) is 13.6. The Balaban J connectivity index is 2.10. The monoisotopic (exact) mass is 390 g/mol. The molecule has 9 heteroatoms. The third kappa shape index (κ3) is 5.15. The number of hydrogen-bond donors (Lipinski definition) is 2. The van der Waals surface area contributed by atoms with Gasteiger partial charge in [-0.05, 0) is 32.0 Å². The second-order valence-electron chi connectivity index (χ2n) is 6.57. The lowest BCUT2D eigenvalue weighted by molar-refractivity contribution is -0.907. The van der Waals surface area contributed by atoms with Gasteiger partial charge in [-0.2, -0.15) is 0 Å². The molecule has 0 saturated carbocycles. The van der Waals surface area contributed by atoms with Crippen LogP contribution in [0.2, 0.25) is 5.02 Å². The Hall–Kier alpha value is -1.19. The van der Waals surface area contributed by atoms with Gasteiger partial charge in [-0.15, -0.1) is 0 Å². The van der Waals surface area contributed by atoms with Crippen LogP contribution in [-0.2, 0) is 19.6 Å². The summed E-state index contributed by atoms with van der Waals surface area (Å²) in [5.41, 5.74) is 0.295. The molecule has 1 unspecified atom stereocenters. The van der Waals surface area contributed by atoms with Crippen molar-refractivity contribution in [2.24, 2.45) is 0 Å². The van der Waals surface area contributed by atoms with E-state index in [-0.39, 0.29) is 29.6 Å². The fraction of sp³-hybridized carbons (Fsp3) is 0.562. The molecule has 1 aromatic rings. The maximum absolute atomic E-state index is 12.3. The van der Waals surface area contributed by atoms with Gasteiger partial charge in [0, 0.05) is 14.1 Å². The number of carbonyl (C=O) groups is 1. The Labute approximate surface area is 153 Å².